The van der Waals surface area contributed by atoms with Gasteiger partial charge in [0.1, 0.15) is 5.69 Å². The molecule has 158 valence electrons. The van der Waals surface area contributed by atoms with Crippen LogP contribution in [0.5, 0.6) is 0 Å². The normalized spacial score (nSPS) is 10.2. The molecule has 2 aromatic rings. The van der Waals surface area contributed by atoms with Crippen LogP contribution in [0, 0.1) is 20.2 Å². The van der Waals surface area contributed by atoms with Crippen molar-refractivity contribution in [3.63, 3.8) is 0 Å². The summed E-state index contributed by atoms with van der Waals surface area (Å²) in [5, 5.41) is 25.1. The fraction of sp³-hybridized carbons (Fsp3) is 0.263. The van der Waals surface area contributed by atoms with Crippen molar-refractivity contribution in [1.82, 2.24) is 4.90 Å². The van der Waals surface area contributed by atoms with E-state index < -0.39 is 27.2 Å². The molecular formula is C19H20N4O7. The lowest BCUT2D eigenvalue weighted by Gasteiger charge is -2.18. The van der Waals surface area contributed by atoms with Gasteiger partial charge in [-0.05, 0) is 5.56 Å². The number of rotatable bonds is 9. The Morgan fingerprint density at radius 3 is 2.33 bits per heavy atom. The Hall–Kier alpha value is -4.02. The van der Waals surface area contributed by atoms with E-state index in [-0.39, 0.29) is 30.1 Å². The van der Waals surface area contributed by atoms with Gasteiger partial charge < -0.3 is 15.0 Å². The minimum Gasteiger partial charge on any atom is -0.465 e. The van der Waals surface area contributed by atoms with Crippen LogP contribution in [0.15, 0.2) is 42.5 Å². The van der Waals surface area contributed by atoms with Crippen LogP contribution in [0.3, 0.4) is 0 Å². The Morgan fingerprint density at radius 2 is 1.77 bits per heavy atom. The Morgan fingerprint density at radius 1 is 1.10 bits per heavy atom. The number of nitro benzene ring substituents is 2. The van der Waals surface area contributed by atoms with Gasteiger partial charge in [-0.1, -0.05) is 30.3 Å². The molecule has 30 heavy (non-hydrogen) atoms. The largest absolute Gasteiger partial charge is 0.465 e. The first-order valence-electron chi connectivity index (χ1n) is 8.81. The van der Waals surface area contributed by atoms with E-state index in [0.29, 0.717) is 6.54 Å². The number of hydrogen-bond acceptors (Lipinski definition) is 8. The fourth-order valence-electron chi connectivity index (χ4n) is 2.75. The molecule has 0 aliphatic rings. The molecule has 0 saturated carbocycles. The van der Waals surface area contributed by atoms with Crippen LogP contribution < -0.4 is 5.32 Å². The minimum atomic E-state index is -0.975. The maximum Gasteiger partial charge on any atom is 0.340 e. The van der Waals surface area contributed by atoms with Crippen LogP contribution >= 0.6 is 0 Å². The summed E-state index contributed by atoms with van der Waals surface area (Å²) >= 11 is 0. The number of amides is 1. The van der Waals surface area contributed by atoms with Crippen molar-refractivity contribution in [2.75, 3.05) is 26.0 Å². The molecule has 0 aromatic heterocycles. The summed E-state index contributed by atoms with van der Waals surface area (Å²) < 4.78 is 4.58. The molecule has 0 fully saturated rings. The Labute approximate surface area is 171 Å². The molecule has 11 heteroatoms. The second-order valence-electron chi connectivity index (χ2n) is 6.31. The molecule has 0 saturated heterocycles. The zero-order valence-corrected chi connectivity index (χ0v) is 16.4. The van der Waals surface area contributed by atoms with Crippen molar-refractivity contribution in [2.24, 2.45) is 0 Å². The highest BCUT2D eigenvalue weighted by molar-refractivity contribution is 5.99. The lowest BCUT2D eigenvalue weighted by Crippen LogP contribution is -2.28. The van der Waals surface area contributed by atoms with Crippen LogP contribution in [0.1, 0.15) is 22.3 Å². The summed E-state index contributed by atoms with van der Waals surface area (Å²) in [6.07, 6.45) is -0.0158. The van der Waals surface area contributed by atoms with Crippen molar-refractivity contribution < 1.29 is 24.2 Å². The number of benzene rings is 2. The smallest absolute Gasteiger partial charge is 0.340 e. The SMILES string of the molecule is COC(=O)c1cc([N+](=O)[O-])cc([N+](=O)[O-])c1NCCC(=O)N(C)Cc1ccccc1. The number of methoxy groups -OCH3 is 1. The van der Waals surface area contributed by atoms with Crippen molar-refractivity contribution >= 4 is 28.9 Å². The van der Waals surface area contributed by atoms with E-state index in [2.05, 4.69) is 10.1 Å². The van der Waals surface area contributed by atoms with E-state index >= 15 is 0 Å². The van der Waals surface area contributed by atoms with E-state index in [1.807, 2.05) is 30.3 Å². The first-order chi connectivity index (χ1) is 14.2. The molecule has 1 amide bonds. The van der Waals surface area contributed by atoms with Gasteiger partial charge in [-0.2, -0.15) is 0 Å². The zero-order chi connectivity index (χ0) is 22.3. The highest BCUT2D eigenvalue weighted by Gasteiger charge is 2.28. The van der Waals surface area contributed by atoms with E-state index in [4.69, 9.17) is 0 Å². The summed E-state index contributed by atoms with van der Waals surface area (Å²) in [5.41, 5.74) is -0.930. The highest BCUT2D eigenvalue weighted by atomic mass is 16.6. The molecule has 2 rings (SSSR count). The lowest BCUT2D eigenvalue weighted by atomic mass is 10.1. The maximum absolute atomic E-state index is 12.3. The number of hydrogen-bond donors (Lipinski definition) is 1. The predicted molar refractivity (Wildman–Crippen MR) is 107 cm³/mol. The number of carbonyl (C=O) groups is 2. The number of anilines is 1. The zero-order valence-electron chi connectivity index (χ0n) is 16.4. The number of nitrogens with zero attached hydrogens (tertiary/aromatic N) is 3. The molecule has 0 spiro atoms. The van der Waals surface area contributed by atoms with E-state index in [0.717, 1.165) is 24.8 Å². The summed E-state index contributed by atoms with van der Waals surface area (Å²) in [4.78, 5) is 46.6. The number of esters is 1. The molecule has 0 radical (unpaired) electrons. The van der Waals surface area contributed by atoms with Gasteiger partial charge in [0, 0.05) is 32.6 Å². The van der Waals surface area contributed by atoms with Gasteiger partial charge in [-0.15, -0.1) is 0 Å². The van der Waals surface area contributed by atoms with Crippen LogP contribution in [-0.2, 0) is 16.1 Å². The van der Waals surface area contributed by atoms with Gasteiger partial charge in [0.2, 0.25) is 5.91 Å². The Kier molecular flexibility index (Phi) is 7.39. The summed E-state index contributed by atoms with van der Waals surface area (Å²) in [5.74, 6) is -1.20. The second kappa shape index (κ2) is 9.96. The Balaban J connectivity index is 2.16. The van der Waals surface area contributed by atoms with Crippen LogP contribution in [-0.4, -0.2) is 47.3 Å². The van der Waals surface area contributed by atoms with Gasteiger partial charge in [-0.3, -0.25) is 25.0 Å². The highest BCUT2D eigenvalue weighted by Crippen LogP contribution is 2.33. The number of ether oxygens (including phenoxy) is 1. The first-order valence-corrected chi connectivity index (χ1v) is 8.81. The maximum atomic E-state index is 12.3. The molecule has 0 atom stereocenters. The van der Waals surface area contributed by atoms with Gasteiger partial charge in [0.25, 0.3) is 11.4 Å². The second-order valence-corrected chi connectivity index (χ2v) is 6.31. The average Bonchev–Trinajstić information content (AvgIpc) is 2.73. The fourth-order valence-corrected chi connectivity index (χ4v) is 2.75. The van der Waals surface area contributed by atoms with Crippen molar-refractivity contribution in [2.45, 2.75) is 13.0 Å². The monoisotopic (exact) mass is 416 g/mol. The third kappa shape index (κ3) is 5.50. The molecule has 0 unspecified atom stereocenters. The average molecular weight is 416 g/mol. The van der Waals surface area contributed by atoms with Crippen LogP contribution in [0.25, 0.3) is 0 Å². The summed E-state index contributed by atoms with van der Waals surface area (Å²) in [6.45, 7) is 0.366. The quantitative estimate of drug-likeness (QED) is 0.373. The van der Waals surface area contributed by atoms with Crippen molar-refractivity contribution in [3.05, 3.63) is 73.8 Å². The lowest BCUT2D eigenvalue weighted by molar-refractivity contribution is -0.393. The van der Waals surface area contributed by atoms with Gasteiger partial charge in [-0.25, -0.2) is 4.79 Å². The number of nitrogens with one attached hydrogen (secondary N) is 1. The van der Waals surface area contributed by atoms with Crippen LogP contribution in [0.2, 0.25) is 0 Å². The number of nitro groups is 2. The summed E-state index contributed by atoms with van der Waals surface area (Å²) in [7, 11) is 2.68. The van der Waals surface area contributed by atoms with E-state index in [9.17, 15) is 29.8 Å². The standard InChI is InChI=1S/C19H20N4O7/c1-21(12-13-6-4-3-5-7-13)17(24)8-9-20-18-15(19(25)30-2)10-14(22(26)27)11-16(18)23(28)29/h3-7,10-11,20H,8-9,12H2,1-2H3. The van der Waals surface area contributed by atoms with Gasteiger partial charge in [0.05, 0.1) is 28.6 Å². The molecule has 0 aliphatic carbocycles. The first kappa shape index (κ1) is 22.3. The predicted octanol–water partition coefficient (Wildman–Crippen LogP) is 2.75. The third-order valence-electron chi connectivity index (χ3n) is 4.24. The number of non-ortho nitro benzene ring substituents is 1. The van der Waals surface area contributed by atoms with Crippen LogP contribution in [0.4, 0.5) is 17.1 Å². The Bertz CT molecular complexity index is 963. The molecule has 11 nitrogen and oxygen atoms in total. The third-order valence-corrected chi connectivity index (χ3v) is 4.24. The molecule has 0 heterocycles. The molecule has 2 aromatic carbocycles. The number of carbonyl (C=O) groups excluding carboxylic acids is 2. The molecule has 1 N–H and O–H groups in total. The topological polar surface area (TPSA) is 145 Å². The minimum absolute atomic E-state index is 0.0158. The van der Waals surface area contributed by atoms with Gasteiger partial charge >= 0.3 is 5.97 Å². The van der Waals surface area contributed by atoms with Gasteiger partial charge in [0.15, 0.2) is 0 Å². The van der Waals surface area contributed by atoms with Crippen molar-refractivity contribution in [3.8, 4) is 0 Å². The molecule has 0 bridgehead atoms. The molecular weight excluding hydrogens is 396 g/mol. The van der Waals surface area contributed by atoms with E-state index in [1.54, 1.807) is 7.05 Å². The molecule has 0 aliphatic heterocycles. The van der Waals surface area contributed by atoms with E-state index in [1.165, 1.54) is 4.90 Å². The van der Waals surface area contributed by atoms with Crippen molar-refractivity contribution in [1.29, 1.82) is 0 Å². The summed E-state index contributed by atoms with van der Waals surface area (Å²) in [6, 6.07) is 11.0.